The Balaban J connectivity index is 1.11. The minimum Gasteiger partial charge on any atom is -0.334 e. The number of aryl methyl sites for hydroxylation is 1. The van der Waals surface area contributed by atoms with Crippen LogP contribution in [0.3, 0.4) is 0 Å². The van der Waals surface area contributed by atoms with E-state index in [9.17, 15) is 0 Å². The van der Waals surface area contributed by atoms with Crippen molar-refractivity contribution in [3.8, 4) is 11.1 Å². The monoisotopic (exact) mass is 1250 g/mol. The smallest absolute Gasteiger partial charge is 0.252 e. The average molecular weight is 1250 g/mol. The van der Waals surface area contributed by atoms with Crippen molar-refractivity contribution in [1.82, 2.24) is 0 Å². The van der Waals surface area contributed by atoms with E-state index in [1.807, 2.05) is 0 Å². The van der Waals surface area contributed by atoms with Crippen LogP contribution in [0.25, 0.3) is 11.1 Å². The SMILES string of the molecule is Cc1cc2c(cc1N1c3cc4c(cc3B3c5cc6c(cc5N(c5ccc(C(C)(C)C)cc5-c5ccccc5)c5cc(N7c8ccc(C(C)(C)C)cc8C8(C)CCCCC78C)cc1c53)C(C)(C)c1ccccc1C6(C)C)C(C)(C)c1ccccc1C4(C)C)C(C)(C)CCC2(C)C. The first-order chi connectivity index (χ1) is 44.5. The third-order valence-electron chi connectivity index (χ3n) is 26.4. The fourth-order valence-corrected chi connectivity index (χ4v) is 20.1. The van der Waals surface area contributed by atoms with Gasteiger partial charge in [0, 0.05) is 72.5 Å². The van der Waals surface area contributed by atoms with Crippen LogP contribution in [0.1, 0.15) is 255 Å². The standard InChI is InChI=1S/C91H102BN3/c1-55-45-65-66(85(10,11)44-43-84(65,8)9)52-76(55)94-78-54-70-68(87(14,15)62-34-26-28-36-64(62)89(70,18)19)51-73(78)92-72-50-67-69(88(16,17)63-35-27-25-33-61(63)86(67,12)13)53-77(72)93(74-39-37-57(82(2,3)4)46-60(74)56-31-23-22-24-32-56)79-48-59(49-80(94)81(79)92)95-75-40-38-58(83(5,6)7)47-71(75)90(20)41-29-30-42-91(90,95)21/h22-28,31-40,45-54H,29-30,41-44H2,1-21H3. The Kier molecular flexibility index (Phi) is 13.0. The fourth-order valence-electron chi connectivity index (χ4n) is 20.1. The van der Waals surface area contributed by atoms with Gasteiger partial charge >= 0.3 is 0 Å². The van der Waals surface area contributed by atoms with Gasteiger partial charge in [0.2, 0.25) is 0 Å². The maximum atomic E-state index is 2.90. The van der Waals surface area contributed by atoms with E-state index in [-0.39, 0.29) is 61.0 Å². The zero-order chi connectivity index (χ0) is 67.2. The van der Waals surface area contributed by atoms with Crippen molar-refractivity contribution in [2.45, 2.75) is 238 Å². The highest BCUT2D eigenvalue weighted by Crippen LogP contribution is 2.64. The lowest BCUT2D eigenvalue weighted by Gasteiger charge is -2.52. The minimum atomic E-state index is -0.297. The topological polar surface area (TPSA) is 9.72 Å². The summed E-state index contributed by atoms with van der Waals surface area (Å²) < 4.78 is 0. The molecule has 0 saturated heterocycles. The normalized spacial score (nSPS) is 22.2. The van der Waals surface area contributed by atoms with Crippen LogP contribution < -0.4 is 31.1 Å². The van der Waals surface area contributed by atoms with E-state index in [0.29, 0.717) is 0 Å². The molecule has 1 fully saturated rings. The molecule has 0 spiro atoms. The average Bonchev–Trinajstić information content (AvgIpc) is 1.64. The Morgan fingerprint density at radius 2 is 0.768 bits per heavy atom. The van der Waals surface area contributed by atoms with Gasteiger partial charge in [-0.3, -0.25) is 0 Å². The van der Waals surface area contributed by atoms with Gasteiger partial charge < -0.3 is 14.7 Å². The van der Waals surface area contributed by atoms with Gasteiger partial charge in [0.05, 0.1) is 11.2 Å². The van der Waals surface area contributed by atoms with Gasteiger partial charge in [-0.25, -0.2) is 0 Å². The first kappa shape index (κ1) is 62.3. The molecule has 2 atom stereocenters. The molecule has 7 aliphatic rings. The molecule has 9 aromatic rings. The zero-order valence-electron chi connectivity index (χ0n) is 61.3. The summed E-state index contributed by atoms with van der Waals surface area (Å²) in [4.78, 5) is 8.56. The molecule has 484 valence electrons. The van der Waals surface area contributed by atoms with Crippen molar-refractivity contribution in [1.29, 1.82) is 0 Å². The summed E-state index contributed by atoms with van der Waals surface area (Å²) in [6.07, 6.45) is 7.00. The highest BCUT2D eigenvalue weighted by molar-refractivity contribution is 7.00. The number of hydrogen-bond acceptors (Lipinski definition) is 3. The number of anilines is 8. The van der Waals surface area contributed by atoms with Gasteiger partial charge in [-0.1, -0.05) is 260 Å². The summed E-state index contributed by atoms with van der Waals surface area (Å²) in [5.74, 6) is 0. The third-order valence-corrected chi connectivity index (χ3v) is 26.4. The molecular weight excluding hydrogens is 1150 g/mol. The number of benzene rings is 9. The van der Waals surface area contributed by atoms with E-state index in [0.717, 1.165) is 19.3 Å². The minimum absolute atomic E-state index is 0.00226. The molecule has 1 saturated carbocycles. The molecule has 3 nitrogen and oxygen atoms in total. The summed E-state index contributed by atoms with van der Waals surface area (Å²) in [5, 5.41) is 0. The van der Waals surface area contributed by atoms with Crippen molar-refractivity contribution < 1.29 is 0 Å². The van der Waals surface area contributed by atoms with E-state index in [4.69, 9.17) is 0 Å². The van der Waals surface area contributed by atoms with Crippen molar-refractivity contribution >= 4 is 68.6 Å². The maximum absolute atomic E-state index is 2.90. The Morgan fingerprint density at radius 3 is 1.26 bits per heavy atom. The van der Waals surface area contributed by atoms with E-state index in [1.54, 1.807) is 0 Å². The Bertz CT molecular complexity index is 4760. The van der Waals surface area contributed by atoms with Gasteiger partial charge in [-0.15, -0.1) is 0 Å². The molecular formula is C91H102BN3. The lowest BCUT2D eigenvalue weighted by molar-refractivity contribution is 0.195. The number of nitrogens with zero attached hydrogens (tertiary/aromatic N) is 3. The molecule has 2 unspecified atom stereocenters. The lowest BCUT2D eigenvalue weighted by atomic mass is 9.32. The lowest BCUT2D eigenvalue weighted by Crippen LogP contribution is -2.62. The van der Waals surface area contributed by atoms with E-state index < -0.39 is 0 Å². The summed E-state index contributed by atoms with van der Waals surface area (Å²) in [6.45, 7) is 52.0. The van der Waals surface area contributed by atoms with Crippen LogP contribution in [-0.4, -0.2) is 12.3 Å². The Hall–Kier alpha value is -7.56. The van der Waals surface area contributed by atoms with Gasteiger partial charge in [0.25, 0.3) is 6.71 Å². The molecule has 4 aliphatic carbocycles. The van der Waals surface area contributed by atoms with Crippen molar-refractivity contribution in [3.05, 3.63) is 242 Å². The van der Waals surface area contributed by atoms with Gasteiger partial charge in [-0.05, 0) is 210 Å². The van der Waals surface area contributed by atoms with Crippen LogP contribution >= 0.6 is 0 Å². The second-order valence-corrected chi connectivity index (χ2v) is 36.4. The second-order valence-electron chi connectivity index (χ2n) is 36.4. The second kappa shape index (κ2) is 19.8. The summed E-state index contributed by atoms with van der Waals surface area (Å²) in [7, 11) is 0. The molecule has 0 N–H and O–H groups in total. The first-order valence-corrected chi connectivity index (χ1v) is 36.2. The number of fused-ring (bicyclic) bond motifs is 12. The van der Waals surface area contributed by atoms with Crippen LogP contribution in [0.4, 0.5) is 45.5 Å². The van der Waals surface area contributed by atoms with Gasteiger partial charge in [0.1, 0.15) is 0 Å². The largest absolute Gasteiger partial charge is 0.334 e. The highest BCUT2D eigenvalue weighted by atomic mass is 15.3. The van der Waals surface area contributed by atoms with Crippen LogP contribution in [0.2, 0.25) is 0 Å². The molecule has 9 aromatic carbocycles. The van der Waals surface area contributed by atoms with Crippen molar-refractivity contribution in [2.24, 2.45) is 0 Å². The predicted octanol–water partition coefficient (Wildman–Crippen LogP) is 22.4. The van der Waals surface area contributed by atoms with Crippen molar-refractivity contribution in [2.75, 3.05) is 14.7 Å². The highest BCUT2D eigenvalue weighted by Gasteiger charge is 2.59. The maximum Gasteiger partial charge on any atom is 0.252 e. The summed E-state index contributed by atoms with van der Waals surface area (Å²) >= 11 is 0. The van der Waals surface area contributed by atoms with E-state index >= 15 is 0 Å². The molecule has 0 bridgehead atoms. The number of hydrogen-bond donors (Lipinski definition) is 0. The fraction of sp³-hybridized carbons (Fsp3) is 0.407. The quantitative estimate of drug-likeness (QED) is 0.163. The van der Waals surface area contributed by atoms with Crippen LogP contribution in [0, 0.1) is 6.92 Å². The van der Waals surface area contributed by atoms with Crippen LogP contribution in [0.5, 0.6) is 0 Å². The molecule has 3 heterocycles. The molecule has 0 radical (unpaired) electrons. The molecule has 0 amide bonds. The van der Waals surface area contributed by atoms with E-state index in [1.165, 1.54) is 170 Å². The van der Waals surface area contributed by atoms with Gasteiger partial charge in [-0.2, -0.15) is 0 Å². The summed E-state index contributed by atoms with van der Waals surface area (Å²) in [5.41, 5.74) is 35.3. The Labute approximate surface area is 570 Å². The van der Waals surface area contributed by atoms with Gasteiger partial charge in [0.15, 0.2) is 0 Å². The van der Waals surface area contributed by atoms with Crippen LogP contribution in [-0.2, 0) is 48.7 Å². The van der Waals surface area contributed by atoms with Crippen molar-refractivity contribution in [3.63, 3.8) is 0 Å². The third kappa shape index (κ3) is 8.49. The molecule has 16 rings (SSSR count). The first-order valence-electron chi connectivity index (χ1n) is 36.2. The summed E-state index contributed by atoms with van der Waals surface area (Å²) in [6, 6.07) is 67.0. The molecule has 0 aromatic heterocycles. The van der Waals surface area contributed by atoms with E-state index in [2.05, 4.69) is 324 Å². The molecule has 95 heavy (non-hydrogen) atoms. The van der Waals surface area contributed by atoms with Crippen LogP contribution in [0.15, 0.2) is 164 Å². The zero-order valence-corrected chi connectivity index (χ0v) is 61.3. The Morgan fingerprint density at radius 1 is 0.347 bits per heavy atom. The predicted molar refractivity (Wildman–Crippen MR) is 408 cm³/mol. The molecule has 4 heteroatoms. The number of rotatable bonds is 4. The molecule has 3 aliphatic heterocycles.